The van der Waals surface area contributed by atoms with Gasteiger partial charge >= 0.3 is 0 Å². The van der Waals surface area contributed by atoms with Crippen molar-refractivity contribution in [1.82, 2.24) is 9.88 Å². The number of furan rings is 1. The van der Waals surface area contributed by atoms with Crippen molar-refractivity contribution in [3.8, 4) is 11.5 Å². The van der Waals surface area contributed by atoms with Crippen LogP contribution >= 0.6 is 0 Å². The van der Waals surface area contributed by atoms with Gasteiger partial charge in [-0.3, -0.25) is 19.4 Å². The van der Waals surface area contributed by atoms with Gasteiger partial charge in [-0.05, 0) is 48.4 Å². The molecule has 1 amide bonds. The SMILES string of the molecule is CCOc1ccc([C@H]2C(=C(O)c3ccc(C(=O)c4ccco4)cc3)C(=O)C(=O)N2Cc2cccnc2)cc1OC. The number of benzene rings is 2. The standard InChI is InChI=1S/C31H26N2O7/c1-3-39-23-13-12-22(16-25(23)38-2)27-26(30(36)31(37)33(27)18-19-6-4-14-32-17-19)29(35)21-10-8-20(9-11-21)28(34)24-7-5-15-40-24/h4-17,27,35H,3,18H2,1-2H3/t27-/m0/s1. The number of rotatable bonds is 9. The van der Waals surface area contributed by atoms with Gasteiger partial charge in [0.05, 0.1) is 31.6 Å². The summed E-state index contributed by atoms with van der Waals surface area (Å²) in [7, 11) is 1.50. The molecule has 1 atom stereocenters. The maximum Gasteiger partial charge on any atom is 0.295 e. The second kappa shape index (κ2) is 11.3. The molecule has 9 heteroatoms. The monoisotopic (exact) mass is 538 g/mol. The number of aliphatic hydroxyl groups excluding tert-OH is 1. The van der Waals surface area contributed by atoms with Crippen LogP contribution in [-0.2, 0) is 16.1 Å². The van der Waals surface area contributed by atoms with E-state index in [1.807, 2.05) is 6.92 Å². The lowest BCUT2D eigenvalue weighted by molar-refractivity contribution is -0.140. The fraction of sp³-hybridized carbons (Fsp3) is 0.161. The number of methoxy groups -OCH3 is 1. The number of ether oxygens (including phenoxy) is 2. The molecule has 2 aromatic heterocycles. The highest BCUT2D eigenvalue weighted by Gasteiger charge is 2.46. The highest BCUT2D eigenvalue weighted by atomic mass is 16.5. The third-order valence-electron chi connectivity index (χ3n) is 6.58. The van der Waals surface area contributed by atoms with Crippen LogP contribution in [0, 0.1) is 0 Å². The number of likely N-dealkylation sites (tertiary alicyclic amines) is 1. The molecule has 1 aliphatic rings. The van der Waals surface area contributed by atoms with Crippen molar-refractivity contribution in [3.63, 3.8) is 0 Å². The van der Waals surface area contributed by atoms with Gasteiger partial charge in [0.1, 0.15) is 5.76 Å². The molecule has 0 aliphatic carbocycles. The van der Waals surface area contributed by atoms with Crippen molar-refractivity contribution in [1.29, 1.82) is 0 Å². The van der Waals surface area contributed by atoms with E-state index in [9.17, 15) is 19.5 Å². The van der Waals surface area contributed by atoms with Gasteiger partial charge in [0, 0.05) is 30.1 Å². The quantitative estimate of drug-likeness (QED) is 0.138. The molecule has 1 fully saturated rings. The number of carbonyl (C=O) groups is 3. The first kappa shape index (κ1) is 26.4. The molecule has 1 saturated heterocycles. The zero-order valence-electron chi connectivity index (χ0n) is 21.9. The molecular weight excluding hydrogens is 512 g/mol. The molecule has 9 nitrogen and oxygen atoms in total. The van der Waals surface area contributed by atoms with Crippen LogP contribution in [-0.4, -0.2) is 46.2 Å². The van der Waals surface area contributed by atoms with Crippen LogP contribution in [0.25, 0.3) is 5.76 Å². The van der Waals surface area contributed by atoms with E-state index in [0.717, 1.165) is 0 Å². The Kier molecular flexibility index (Phi) is 7.46. The number of ketones is 2. The van der Waals surface area contributed by atoms with Crippen LogP contribution in [0.3, 0.4) is 0 Å². The van der Waals surface area contributed by atoms with E-state index in [-0.39, 0.29) is 35.0 Å². The fourth-order valence-electron chi connectivity index (χ4n) is 4.69. The van der Waals surface area contributed by atoms with Crippen molar-refractivity contribution >= 4 is 23.2 Å². The Bertz CT molecular complexity index is 1580. The number of nitrogens with zero attached hydrogens (tertiary/aromatic N) is 2. The highest BCUT2D eigenvalue weighted by Crippen LogP contribution is 2.42. The number of aliphatic hydroxyl groups is 1. The molecule has 1 N–H and O–H groups in total. The first-order valence-electron chi connectivity index (χ1n) is 12.6. The van der Waals surface area contributed by atoms with Gasteiger partial charge in [-0.15, -0.1) is 0 Å². The Morgan fingerprint density at radius 2 is 1.80 bits per heavy atom. The van der Waals surface area contributed by atoms with Crippen LogP contribution in [0.5, 0.6) is 11.5 Å². The Morgan fingerprint density at radius 1 is 1.02 bits per heavy atom. The summed E-state index contributed by atoms with van der Waals surface area (Å²) >= 11 is 0. The second-order valence-corrected chi connectivity index (χ2v) is 9.02. The van der Waals surface area contributed by atoms with E-state index in [1.54, 1.807) is 54.9 Å². The summed E-state index contributed by atoms with van der Waals surface area (Å²) in [5.41, 5.74) is 1.81. The maximum atomic E-state index is 13.4. The minimum atomic E-state index is -0.922. The molecule has 0 bridgehead atoms. The van der Waals surface area contributed by atoms with Crippen molar-refractivity contribution in [3.05, 3.63) is 119 Å². The van der Waals surface area contributed by atoms with Gasteiger partial charge in [-0.2, -0.15) is 0 Å². The summed E-state index contributed by atoms with van der Waals surface area (Å²) in [6.07, 6.45) is 4.64. The minimum absolute atomic E-state index is 0.0785. The van der Waals surface area contributed by atoms with E-state index in [2.05, 4.69) is 4.98 Å². The smallest absolute Gasteiger partial charge is 0.295 e. The molecule has 0 saturated carbocycles. The van der Waals surface area contributed by atoms with E-state index in [0.29, 0.717) is 34.8 Å². The van der Waals surface area contributed by atoms with Crippen LogP contribution in [0.4, 0.5) is 0 Å². The van der Waals surface area contributed by atoms with Gasteiger partial charge in [-0.1, -0.05) is 36.4 Å². The van der Waals surface area contributed by atoms with Crippen LogP contribution in [0.15, 0.2) is 95.4 Å². The maximum absolute atomic E-state index is 13.4. The van der Waals surface area contributed by atoms with Crippen LogP contribution in [0.1, 0.15) is 45.8 Å². The fourth-order valence-corrected chi connectivity index (χ4v) is 4.69. The second-order valence-electron chi connectivity index (χ2n) is 9.02. The first-order valence-corrected chi connectivity index (χ1v) is 12.6. The van der Waals surface area contributed by atoms with Gasteiger partial charge in [-0.25, -0.2) is 0 Å². The van der Waals surface area contributed by atoms with Crippen molar-refractivity contribution in [2.24, 2.45) is 0 Å². The molecule has 1 aliphatic heterocycles. The number of carbonyl (C=O) groups excluding carboxylic acids is 3. The van der Waals surface area contributed by atoms with Crippen molar-refractivity contribution < 1.29 is 33.4 Å². The average molecular weight is 539 g/mol. The molecule has 40 heavy (non-hydrogen) atoms. The van der Waals surface area contributed by atoms with Crippen molar-refractivity contribution in [2.75, 3.05) is 13.7 Å². The predicted molar refractivity (Wildman–Crippen MR) is 145 cm³/mol. The molecule has 0 spiro atoms. The molecule has 3 heterocycles. The van der Waals surface area contributed by atoms with Gasteiger partial charge < -0.3 is 23.9 Å². The topological polar surface area (TPSA) is 119 Å². The summed E-state index contributed by atoms with van der Waals surface area (Å²) in [6.45, 7) is 2.36. The summed E-state index contributed by atoms with van der Waals surface area (Å²) in [5, 5.41) is 11.4. The lowest BCUT2D eigenvalue weighted by Crippen LogP contribution is -2.29. The number of Topliss-reactive ketones (excluding diaryl/α,β-unsaturated/α-hetero) is 1. The number of hydrogen-bond acceptors (Lipinski definition) is 8. The number of amides is 1. The summed E-state index contributed by atoms with van der Waals surface area (Å²) in [5.74, 6) is -1.15. The normalized spacial score (nSPS) is 16.2. The van der Waals surface area contributed by atoms with E-state index in [1.165, 1.54) is 42.5 Å². The largest absolute Gasteiger partial charge is 0.507 e. The predicted octanol–water partition coefficient (Wildman–Crippen LogP) is 4.93. The Hall–Kier alpha value is -5.18. The zero-order chi connectivity index (χ0) is 28.2. The molecular formula is C31H26N2O7. The Morgan fingerprint density at radius 3 is 2.45 bits per heavy atom. The third-order valence-corrected chi connectivity index (χ3v) is 6.58. The molecule has 5 rings (SSSR count). The van der Waals surface area contributed by atoms with Crippen molar-refractivity contribution in [2.45, 2.75) is 19.5 Å². The zero-order valence-corrected chi connectivity index (χ0v) is 21.9. The Balaban J connectivity index is 1.59. The highest BCUT2D eigenvalue weighted by molar-refractivity contribution is 6.46. The minimum Gasteiger partial charge on any atom is -0.507 e. The lowest BCUT2D eigenvalue weighted by atomic mass is 9.94. The Labute approximate surface area is 230 Å². The molecule has 202 valence electrons. The van der Waals surface area contributed by atoms with Crippen LogP contribution < -0.4 is 9.47 Å². The average Bonchev–Trinajstić information content (AvgIpc) is 3.61. The van der Waals surface area contributed by atoms with Gasteiger partial charge in [0.25, 0.3) is 11.7 Å². The lowest BCUT2D eigenvalue weighted by Gasteiger charge is -2.26. The third kappa shape index (κ3) is 4.96. The van der Waals surface area contributed by atoms with E-state index >= 15 is 0 Å². The molecule has 0 unspecified atom stereocenters. The summed E-state index contributed by atoms with van der Waals surface area (Å²) in [6, 6.07) is 17.0. The molecule has 2 aromatic carbocycles. The first-order chi connectivity index (χ1) is 19.4. The molecule has 0 radical (unpaired) electrons. The summed E-state index contributed by atoms with van der Waals surface area (Å²) in [4.78, 5) is 44.9. The molecule has 4 aromatic rings. The van der Waals surface area contributed by atoms with E-state index in [4.69, 9.17) is 13.9 Å². The number of aromatic nitrogens is 1. The van der Waals surface area contributed by atoms with E-state index < -0.39 is 17.7 Å². The van der Waals surface area contributed by atoms with Gasteiger partial charge in [0.2, 0.25) is 5.78 Å². The number of pyridine rings is 1. The van der Waals surface area contributed by atoms with Crippen LogP contribution in [0.2, 0.25) is 0 Å². The summed E-state index contributed by atoms with van der Waals surface area (Å²) < 4.78 is 16.3. The number of hydrogen-bond donors (Lipinski definition) is 1. The van der Waals surface area contributed by atoms with Gasteiger partial charge in [0.15, 0.2) is 17.3 Å².